The maximum atomic E-state index is 13.4. The van der Waals surface area contributed by atoms with Gasteiger partial charge in [-0.15, -0.1) is 0 Å². The molecule has 4 rings (SSSR count). The molecule has 1 heterocycles. The Morgan fingerprint density at radius 2 is 1.78 bits per heavy atom. The van der Waals surface area contributed by atoms with Crippen LogP contribution in [0.4, 0.5) is 10.5 Å². The lowest BCUT2D eigenvalue weighted by atomic mass is 9.98. The standard InChI is InChI=1S/C28H29N5O3/c1-2-25-24(17-30-33-25)21-11-7-12-22(15-21)26(27(34)31-23-13-6-10-20(14-23)16-29)32-28(35)36-18-19-8-4-3-5-9-19/h3-15,17,26H,2,16,18,29H2,1H3,(H,30,33)(H,31,34)(H,32,35)/t26-/m0/s1. The third-order valence-electron chi connectivity index (χ3n) is 5.77. The van der Waals surface area contributed by atoms with E-state index in [1.165, 1.54) is 0 Å². The van der Waals surface area contributed by atoms with Crippen LogP contribution in [0.15, 0.2) is 85.1 Å². The van der Waals surface area contributed by atoms with Gasteiger partial charge in [-0.3, -0.25) is 9.89 Å². The van der Waals surface area contributed by atoms with Crippen LogP contribution in [0.5, 0.6) is 0 Å². The quantitative estimate of drug-likeness (QED) is 0.275. The van der Waals surface area contributed by atoms with Gasteiger partial charge >= 0.3 is 6.09 Å². The number of benzene rings is 3. The number of carbonyl (C=O) groups excluding carboxylic acids is 2. The largest absolute Gasteiger partial charge is 0.445 e. The van der Waals surface area contributed by atoms with Crippen LogP contribution in [0.25, 0.3) is 11.1 Å². The highest BCUT2D eigenvalue weighted by molar-refractivity contribution is 5.97. The van der Waals surface area contributed by atoms with E-state index in [-0.39, 0.29) is 6.61 Å². The summed E-state index contributed by atoms with van der Waals surface area (Å²) < 4.78 is 5.39. The fraction of sp³-hybridized carbons (Fsp3) is 0.179. The highest BCUT2D eigenvalue weighted by Gasteiger charge is 2.25. The second-order valence-electron chi connectivity index (χ2n) is 8.27. The van der Waals surface area contributed by atoms with Crippen molar-refractivity contribution in [3.05, 3.63) is 107 Å². The number of carbonyl (C=O) groups is 2. The summed E-state index contributed by atoms with van der Waals surface area (Å²) in [4.78, 5) is 26.1. The Morgan fingerprint density at radius 3 is 2.56 bits per heavy atom. The van der Waals surface area contributed by atoms with E-state index < -0.39 is 18.0 Å². The van der Waals surface area contributed by atoms with Crippen molar-refractivity contribution in [3.8, 4) is 11.1 Å². The van der Waals surface area contributed by atoms with Crippen molar-refractivity contribution in [1.82, 2.24) is 15.5 Å². The number of hydrogen-bond donors (Lipinski definition) is 4. The predicted octanol–water partition coefficient (Wildman–Crippen LogP) is 4.70. The molecule has 1 aromatic heterocycles. The van der Waals surface area contributed by atoms with Gasteiger partial charge in [-0.25, -0.2) is 4.79 Å². The first-order chi connectivity index (χ1) is 17.6. The predicted molar refractivity (Wildman–Crippen MR) is 139 cm³/mol. The van der Waals surface area contributed by atoms with Gasteiger partial charge in [0.2, 0.25) is 0 Å². The molecule has 1 atom stereocenters. The third kappa shape index (κ3) is 6.17. The molecule has 8 heteroatoms. The summed E-state index contributed by atoms with van der Waals surface area (Å²) in [5, 5.41) is 12.8. The zero-order chi connectivity index (χ0) is 25.3. The summed E-state index contributed by atoms with van der Waals surface area (Å²) in [6.45, 7) is 2.48. The van der Waals surface area contributed by atoms with Crippen LogP contribution in [-0.4, -0.2) is 22.2 Å². The van der Waals surface area contributed by atoms with E-state index in [9.17, 15) is 9.59 Å². The van der Waals surface area contributed by atoms with Crippen molar-refractivity contribution in [2.45, 2.75) is 32.5 Å². The van der Waals surface area contributed by atoms with E-state index in [1.54, 1.807) is 24.4 Å². The fourth-order valence-electron chi connectivity index (χ4n) is 3.89. The maximum absolute atomic E-state index is 13.4. The van der Waals surface area contributed by atoms with Crippen LogP contribution in [0.1, 0.15) is 35.3 Å². The van der Waals surface area contributed by atoms with Gasteiger partial charge in [-0.1, -0.05) is 67.6 Å². The lowest BCUT2D eigenvalue weighted by molar-refractivity contribution is -0.118. The molecule has 184 valence electrons. The number of H-pyrrole nitrogens is 1. The SMILES string of the molecule is CCc1[nH]ncc1-c1cccc([C@H](NC(=O)OCc2ccccc2)C(=O)Nc2cccc(CN)c2)c1. The Hall–Kier alpha value is -4.43. The van der Waals surface area contributed by atoms with Crippen LogP contribution in [-0.2, 0) is 29.1 Å². The molecular formula is C28H29N5O3. The minimum atomic E-state index is -0.994. The minimum absolute atomic E-state index is 0.0917. The molecule has 0 aliphatic carbocycles. The van der Waals surface area contributed by atoms with Crippen molar-refractivity contribution in [2.75, 3.05) is 5.32 Å². The Bertz CT molecular complexity index is 1320. The summed E-state index contributed by atoms with van der Waals surface area (Å²) in [6.07, 6.45) is 1.84. The fourth-order valence-corrected chi connectivity index (χ4v) is 3.89. The monoisotopic (exact) mass is 483 g/mol. The van der Waals surface area contributed by atoms with Crippen LogP contribution in [0.3, 0.4) is 0 Å². The first-order valence-electron chi connectivity index (χ1n) is 11.8. The number of nitrogens with one attached hydrogen (secondary N) is 3. The second kappa shape index (κ2) is 11.8. The van der Waals surface area contributed by atoms with Crippen molar-refractivity contribution in [3.63, 3.8) is 0 Å². The first kappa shape index (κ1) is 24.7. The molecule has 0 fully saturated rings. The third-order valence-corrected chi connectivity index (χ3v) is 5.77. The number of nitrogens with zero attached hydrogens (tertiary/aromatic N) is 1. The zero-order valence-electron chi connectivity index (χ0n) is 20.0. The molecular weight excluding hydrogens is 454 g/mol. The van der Waals surface area contributed by atoms with E-state index in [0.29, 0.717) is 17.8 Å². The molecule has 4 aromatic rings. The molecule has 0 saturated carbocycles. The number of anilines is 1. The molecule has 8 nitrogen and oxygen atoms in total. The number of alkyl carbamates (subject to hydrolysis) is 1. The summed E-state index contributed by atoms with van der Waals surface area (Å²) >= 11 is 0. The van der Waals surface area contributed by atoms with Crippen molar-refractivity contribution in [1.29, 1.82) is 0 Å². The van der Waals surface area contributed by atoms with E-state index in [4.69, 9.17) is 10.5 Å². The van der Waals surface area contributed by atoms with E-state index in [1.807, 2.05) is 67.6 Å². The number of aromatic nitrogens is 2. The lowest BCUT2D eigenvalue weighted by Crippen LogP contribution is -2.37. The molecule has 0 spiro atoms. The Kier molecular flexibility index (Phi) is 8.10. The number of nitrogens with two attached hydrogens (primary N) is 1. The van der Waals surface area contributed by atoms with Gasteiger partial charge in [0.1, 0.15) is 12.6 Å². The van der Waals surface area contributed by atoms with Gasteiger partial charge in [-0.2, -0.15) is 5.10 Å². The summed E-state index contributed by atoms with van der Waals surface area (Å²) in [7, 11) is 0. The number of hydrogen-bond acceptors (Lipinski definition) is 5. The smallest absolute Gasteiger partial charge is 0.408 e. The Balaban J connectivity index is 1.59. The average Bonchev–Trinajstić information content (AvgIpc) is 3.40. The lowest BCUT2D eigenvalue weighted by Gasteiger charge is -2.20. The topological polar surface area (TPSA) is 122 Å². The van der Waals surface area contributed by atoms with Crippen molar-refractivity contribution >= 4 is 17.7 Å². The summed E-state index contributed by atoms with van der Waals surface area (Å²) in [5.41, 5.74) is 11.5. The molecule has 2 amide bonds. The second-order valence-corrected chi connectivity index (χ2v) is 8.27. The number of rotatable bonds is 9. The normalized spacial score (nSPS) is 11.5. The van der Waals surface area contributed by atoms with E-state index >= 15 is 0 Å². The van der Waals surface area contributed by atoms with Crippen LogP contribution >= 0.6 is 0 Å². The van der Waals surface area contributed by atoms with Gasteiger partial charge in [0.25, 0.3) is 5.91 Å². The molecule has 5 N–H and O–H groups in total. The van der Waals surface area contributed by atoms with Gasteiger partial charge in [0.05, 0.1) is 6.20 Å². The van der Waals surface area contributed by atoms with E-state index in [0.717, 1.165) is 34.4 Å². The van der Waals surface area contributed by atoms with Gasteiger partial charge in [-0.05, 0) is 46.9 Å². The molecule has 0 unspecified atom stereocenters. The average molecular weight is 484 g/mol. The molecule has 0 saturated heterocycles. The number of aryl methyl sites for hydroxylation is 1. The van der Waals surface area contributed by atoms with Crippen molar-refractivity contribution in [2.24, 2.45) is 5.73 Å². The zero-order valence-corrected chi connectivity index (χ0v) is 20.0. The Labute approximate surface area is 209 Å². The number of aromatic amines is 1. The molecule has 0 radical (unpaired) electrons. The van der Waals surface area contributed by atoms with E-state index in [2.05, 4.69) is 20.8 Å². The van der Waals surface area contributed by atoms with Crippen LogP contribution in [0.2, 0.25) is 0 Å². The van der Waals surface area contributed by atoms with Gasteiger partial charge in [0.15, 0.2) is 0 Å². The summed E-state index contributed by atoms with van der Waals surface area (Å²) in [6, 6.07) is 23.1. The molecule has 36 heavy (non-hydrogen) atoms. The molecule has 0 aliphatic heterocycles. The molecule has 0 aliphatic rings. The number of ether oxygens (including phenoxy) is 1. The summed E-state index contributed by atoms with van der Waals surface area (Å²) in [5.74, 6) is -0.402. The number of amides is 2. The highest BCUT2D eigenvalue weighted by Crippen LogP contribution is 2.26. The van der Waals surface area contributed by atoms with Gasteiger partial charge < -0.3 is 21.1 Å². The minimum Gasteiger partial charge on any atom is -0.445 e. The van der Waals surface area contributed by atoms with Crippen LogP contribution in [0, 0.1) is 0 Å². The highest BCUT2D eigenvalue weighted by atomic mass is 16.5. The molecule has 0 bridgehead atoms. The first-order valence-corrected chi connectivity index (χ1v) is 11.8. The Morgan fingerprint density at radius 1 is 1.00 bits per heavy atom. The maximum Gasteiger partial charge on any atom is 0.408 e. The van der Waals surface area contributed by atoms with Crippen LogP contribution < -0.4 is 16.4 Å². The van der Waals surface area contributed by atoms with Crippen molar-refractivity contribution < 1.29 is 14.3 Å². The molecule has 3 aromatic carbocycles. The van der Waals surface area contributed by atoms with Gasteiger partial charge in [0, 0.05) is 23.5 Å².